The topological polar surface area (TPSA) is 28.4 Å². The molecule has 2 rings (SSSR count). The van der Waals surface area contributed by atoms with Gasteiger partial charge in [-0.2, -0.15) is 0 Å². The fraction of sp³-hybridized carbons (Fsp3) is 0.529. The van der Waals surface area contributed by atoms with Gasteiger partial charge in [0.05, 0.1) is 6.54 Å². The maximum Gasteiger partial charge on any atom is 0.134 e. The standard InChI is InChI=1S/C17H26N2O/c1-5-10-19(13(2)3)12-17-15(11-18-4)14-8-6-7-9-16(14)20-17/h6-9,13,18H,5,10-12H2,1-4H3. The normalized spacial score (nSPS) is 11.9. The van der Waals surface area contributed by atoms with Crippen molar-refractivity contribution in [3.05, 3.63) is 35.6 Å². The third-order valence-electron chi connectivity index (χ3n) is 3.72. The summed E-state index contributed by atoms with van der Waals surface area (Å²) in [4.78, 5) is 2.47. The first-order valence-corrected chi connectivity index (χ1v) is 7.55. The molecule has 1 aromatic heterocycles. The Morgan fingerprint density at radius 1 is 1.25 bits per heavy atom. The highest BCUT2D eigenvalue weighted by Crippen LogP contribution is 2.27. The summed E-state index contributed by atoms with van der Waals surface area (Å²) in [5.74, 6) is 1.10. The molecule has 0 aliphatic rings. The van der Waals surface area contributed by atoms with Gasteiger partial charge >= 0.3 is 0 Å². The SMILES string of the molecule is CCCN(Cc1oc2ccccc2c1CNC)C(C)C. The Hall–Kier alpha value is -1.32. The van der Waals surface area contributed by atoms with E-state index in [4.69, 9.17) is 4.42 Å². The lowest BCUT2D eigenvalue weighted by Gasteiger charge is -2.25. The molecule has 0 radical (unpaired) electrons. The van der Waals surface area contributed by atoms with Gasteiger partial charge in [-0.05, 0) is 39.9 Å². The molecule has 0 atom stereocenters. The number of fused-ring (bicyclic) bond motifs is 1. The number of furan rings is 1. The zero-order chi connectivity index (χ0) is 14.5. The molecule has 0 amide bonds. The zero-order valence-electron chi connectivity index (χ0n) is 13.1. The quantitative estimate of drug-likeness (QED) is 0.833. The molecule has 0 unspecified atom stereocenters. The number of rotatable bonds is 7. The van der Waals surface area contributed by atoms with Gasteiger partial charge in [-0.15, -0.1) is 0 Å². The van der Waals surface area contributed by atoms with Gasteiger partial charge in [-0.1, -0.05) is 25.1 Å². The number of nitrogens with one attached hydrogen (secondary N) is 1. The van der Waals surface area contributed by atoms with Crippen molar-refractivity contribution in [2.45, 2.75) is 46.3 Å². The molecular formula is C17H26N2O. The Bertz CT molecular complexity index is 545. The van der Waals surface area contributed by atoms with E-state index in [1.165, 1.54) is 17.4 Å². The Labute approximate surface area is 122 Å². The van der Waals surface area contributed by atoms with Crippen LogP contribution in [-0.2, 0) is 13.1 Å². The second kappa shape index (κ2) is 6.91. The summed E-state index contributed by atoms with van der Waals surface area (Å²) in [5, 5.41) is 4.49. The van der Waals surface area contributed by atoms with E-state index < -0.39 is 0 Å². The minimum absolute atomic E-state index is 0.533. The predicted molar refractivity (Wildman–Crippen MR) is 84.8 cm³/mol. The average Bonchev–Trinajstić information content (AvgIpc) is 2.77. The minimum Gasteiger partial charge on any atom is -0.459 e. The van der Waals surface area contributed by atoms with Gasteiger partial charge in [0, 0.05) is 23.5 Å². The van der Waals surface area contributed by atoms with Crippen LogP contribution in [0.15, 0.2) is 28.7 Å². The fourth-order valence-electron chi connectivity index (χ4n) is 2.64. The number of para-hydroxylation sites is 1. The molecule has 0 bridgehead atoms. The molecule has 1 heterocycles. The van der Waals surface area contributed by atoms with Crippen LogP contribution in [0.4, 0.5) is 0 Å². The molecular weight excluding hydrogens is 248 g/mol. The summed E-state index contributed by atoms with van der Waals surface area (Å²) < 4.78 is 6.10. The Morgan fingerprint density at radius 2 is 2.00 bits per heavy atom. The number of hydrogen-bond donors (Lipinski definition) is 1. The van der Waals surface area contributed by atoms with Crippen molar-refractivity contribution in [1.29, 1.82) is 0 Å². The van der Waals surface area contributed by atoms with Crippen LogP contribution in [0, 0.1) is 0 Å². The fourth-order valence-corrected chi connectivity index (χ4v) is 2.64. The smallest absolute Gasteiger partial charge is 0.134 e. The second-order valence-corrected chi connectivity index (χ2v) is 5.59. The second-order valence-electron chi connectivity index (χ2n) is 5.59. The maximum absolute atomic E-state index is 6.10. The highest BCUT2D eigenvalue weighted by atomic mass is 16.3. The van der Waals surface area contributed by atoms with Crippen LogP contribution < -0.4 is 5.32 Å². The lowest BCUT2D eigenvalue weighted by atomic mass is 10.1. The van der Waals surface area contributed by atoms with E-state index in [2.05, 4.69) is 49.2 Å². The van der Waals surface area contributed by atoms with E-state index in [1.807, 2.05) is 13.1 Å². The number of hydrogen-bond acceptors (Lipinski definition) is 3. The molecule has 110 valence electrons. The summed E-state index contributed by atoms with van der Waals surface area (Å²) in [7, 11) is 1.98. The van der Waals surface area contributed by atoms with Crippen molar-refractivity contribution in [3.8, 4) is 0 Å². The third kappa shape index (κ3) is 3.22. The van der Waals surface area contributed by atoms with Gasteiger partial charge < -0.3 is 9.73 Å². The molecule has 3 nitrogen and oxygen atoms in total. The molecule has 2 aromatic rings. The molecule has 0 spiro atoms. The lowest BCUT2D eigenvalue weighted by molar-refractivity contribution is 0.197. The van der Waals surface area contributed by atoms with Crippen LogP contribution in [0.5, 0.6) is 0 Å². The van der Waals surface area contributed by atoms with Crippen molar-refractivity contribution in [2.75, 3.05) is 13.6 Å². The average molecular weight is 274 g/mol. The van der Waals surface area contributed by atoms with Gasteiger partial charge in [0.2, 0.25) is 0 Å². The Balaban J connectivity index is 2.34. The van der Waals surface area contributed by atoms with Gasteiger partial charge in [0.1, 0.15) is 11.3 Å². The number of benzene rings is 1. The molecule has 1 aromatic carbocycles. The van der Waals surface area contributed by atoms with Crippen LogP contribution in [-0.4, -0.2) is 24.5 Å². The van der Waals surface area contributed by atoms with E-state index in [-0.39, 0.29) is 0 Å². The summed E-state index contributed by atoms with van der Waals surface area (Å²) in [6.07, 6.45) is 1.17. The van der Waals surface area contributed by atoms with Crippen LogP contribution in [0.25, 0.3) is 11.0 Å². The molecule has 0 saturated heterocycles. The molecule has 0 aliphatic heterocycles. The van der Waals surface area contributed by atoms with Crippen molar-refractivity contribution in [1.82, 2.24) is 10.2 Å². The molecule has 0 fully saturated rings. The van der Waals surface area contributed by atoms with Gasteiger partial charge in [-0.25, -0.2) is 0 Å². The maximum atomic E-state index is 6.10. The van der Waals surface area contributed by atoms with E-state index in [0.717, 1.165) is 31.0 Å². The molecule has 20 heavy (non-hydrogen) atoms. The van der Waals surface area contributed by atoms with E-state index >= 15 is 0 Å². The monoisotopic (exact) mass is 274 g/mol. The predicted octanol–water partition coefficient (Wildman–Crippen LogP) is 3.77. The van der Waals surface area contributed by atoms with Crippen LogP contribution >= 0.6 is 0 Å². The first-order valence-electron chi connectivity index (χ1n) is 7.55. The molecule has 0 saturated carbocycles. The van der Waals surface area contributed by atoms with Crippen molar-refractivity contribution in [2.24, 2.45) is 0 Å². The van der Waals surface area contributed by atoms with Crippen molar-refractivity contribution in [3.63, 3.8) is 0 Å². The van der Waals surface area contributed by atoms with E-state index in [1.54, 1.807) is 0 Å². The highest BCUT2D eigenvalue weighted by Gasteiger charge is 2.17. The largest absolute Gasteiger partial charge is 0.459 e. The van der Waals surface area contributed by atoms with Crippen molar-refractivity contribution >= 4 is 11.0 Å². The zero-order valence-corrected chi connectivity index (χ0v) is 13.1. The molecule has 0 aliphatic carbocycles. The van der Waals surface area contributed by atoms with Crippen LogP contribution in [0.2, 0.25) is 0 Å². The highest BCUT2D eigenvalue weighted by molar-refractivity contribution is 5.82. The van der Waals surface area contributed by atoms with Gasteiger partial charge in [0.25, 0.3) is 0 Å². The van der Waals surface area contributed by atoms with Crippen molar-refractivity contribution < 1.29 is 4.42 Å². The van der Waals surface area contributed by atoms with Crippen LogP contribution in [0.1, 0.15) is 38.5 Å². The summed E-state index contributed by atoms with van der Waals surface area (Å²) >= 11 is 0. The Kier molecular flexibility index (Phi) is 5.21. The molecule has 3 heteroatoms. The molecule has 1 N–H and O–H groups in total. The van der Waals surface area contributed by atoms with Gasteiger partial charge in [-0.3, -0.25) is 4.90 Å². The minimum atomic E-state index is 0.533. The first-order chi connectivity index (χ1) is 9.67. The third-order valence-corrected chi connectivity index (χ3v) is 3.72. The van der Waals surface area contributed by atoms with E-state index in [0.29, 0.717) is 6.04 Å². The summed E-state index contributed by atoms with van der Waals surface area (Å²) in [6.45, 7) is 9.56. The lowest BCUT2D eigenvalue weighted by Crippen LogP contribution is -2.31. The number of nitrogens with zero attached hydrogens (tertiary/aromatic N) is 1. The van der Waals surface area contributed by atoms with Crippen LogP contribution in [0.3, 0.4) is 0 Å². The summed E-state index contributed by atoms with van der Waals surface area (Å²) in [6, 6.07) is 8.84. The Morgan fingerprint density at radius 3 is 2.65 bits per heavy atom. The summed E-state index contributed by atoms with van der Waals surface area (Å²) in [5.41, 5.74) is 2.29. The van der Waals surface area contributed by atoms with Gasteiger partial charge in [0.15, 0.2) is 0 Å². The van der Waals surface area contributed by atoms with E-state index in [9.17, 15) is 0 Å². The first kappa shape index (κ1) is 15.1.